The highest BCUT2D eigenvalue weighted by Crippen LogP contribution is 2.35. The van der Waals surface area contributed by atoms with Crippen molar-refractivity contribution in [3.05, 3.63) is 35.4 Å². The summed E-state index contributed by atoms with van der Waals surface area (Å²) in [5, 5.41) is 9.79. The Morgan fingerprint density at radius 3 is 2.53 bits per heavy atom. The molecule has 2 bridgehead atoms. The minimum atomic E-state index is -0.165. The number of fused-ring (bicyclic) bond motifs is 2. The lowest BCUT2D eigenvalue weighted by Crippen LogP contribution is -2.46. The van der Waals surface area contributed by atoms with Gasteiger partial charge in [0.05, 0.1) is 12.6 Å². The highest BCUT2D eigenvalue weighted by molar-refractivity contribution is 5.98. The first-order chi connectivity index (χ1) is 9.15. The fourth-order valence-corrected chi connectivity index (χ4v) is 3.64. The van der Waals surface area contributed by atoms with E-state index in [9.17, 15) is 9.90 Å². The molecule has 19 heavy (non-hydrogen) atoms. The van der Waals surface area contributed by atoms with Gasteiger partial charge in [0.2, 0.25) is 0 Å². The lowest BCUT2D eigenvalue weighted by Gasteiger charge is -2.36. The molecule has 3 rings (SSSR count). The predicted molar refractivity (Wildman–Crippen MR) is 74.3 cm³/mol. The summed E-state index contributed by atoms with van der Waals surface area (Å²) in [6.45, 7) is 2.49. The van der Waals surface area contributed by atoms with Gasteiger partial charge >= 0.3 is 0 Å². The van der Waals surface area contributed by atoms with Crippen LogP contribution < -0.4 is 0 Å². The second-order valence-electron chi connectivity index (χ2n) is 5.92. The first-order valence-corrected chi connectivity index (χ1v) is 7.18. The molecule has 0 aromatic heterocycles. The van der Waals surface area contributed by atoms with Crippen molar-refractivity contribution < 1.29 is 9.90 Å². The van der Waals surface area contributed by atoms with Gasteiger partial charge in [-0.25, -0.2) is 0 Å². The molecule has 2 atom stereocenters. The molecule has 3 nitrogen and oxygen atoms in total. The number of rotatable bonds is 3. The molecule has 2 aliphatic rings. The third-order valence-corrected chi connectivity index (χ3v) is 4.63. The number of Topliss-reactive ketones (excluding diaryl/α,β-unsaturated/α-hetero) is 1. The largest absolute Gasteiger partial charge is 0.393 e. The van der Waals surface area contributed by atoms with E-state index in [4.69, 9.17) is 0 Å². The van der Waals surface area contributed by atoms with Crippen LogP contribution in [0.1, 0.15) is 41.6 Å². The second-order valence-corrected chi connectivity index (χ2v) is 5.92. The number of carbonyl (C=O) groups excluding carboxylic acids is 1. The molecule has 2 unspecified atom stereocenters. The van der Waals surface area contributed by atoms with E-state index >= 15 is 0 Å². The van der Waals surface area contributed by atoms with E-state index in [2.05, 4.69) is 4.90 Å². The Morgan fingerprint density at radius 2 is 1.89 bits per heavy atom. The summed E-state index contributed by atoms with van der Waals surface area (Å²) in [6.07, 6.45) is 3.75. The number of piperidine rings is 1. The van der Waals surface area contributed by atoms with Crippen molar-refractivity contribution in [1.29, 1.82) is 0 Å². The van der Waals surface area contributed by atoms with Crippen LogP contribution in [0.15, 0.2) is 24.3 Å². The number of aliphatic hydroxyl groups is 1. The molecule has 2 saturated heterocycles. The number of hydrogen-bond donors (Lipinski definition) is 1. The van der Waals surface area contributed by atoms with E-state index < -0.39 is 0 Å². The highest BCUT2D eigenvalue weighted by atomic mass is 16.3. The van der Waals surface area contributed by atoms with Gasteiger partial charge in [0.15, 0.2) is 5.78 Å². The lowest BCUT2D eigenvalue weighted by atomic mass is 9.98. The standard InChI is InChI=1S/C16H21NO2/c1-11-4-2-3-5-15(11)16(19)10-17-12-6-7-13(17)9-14(18)8-12/h2-5,12-14,18H,6-10H2,1H3. The van der Waals surface area contributed by atoms with E-state index in [-0.39, 0.29) is 11.9 Å². The van der Waals surface area contributed by atoms with Crippen LogP contribution in [0, 0.1) is 6.92 Å². The highest BCUT2D eigenvalue weighted by Gasteiger charge is 2.40. The normalized spacial score (nSPS) is 30.5. The Labute approximate surface area is 114 Å². The monoisotopic (exact) mass is 259 g/mol. The van der Waals surface area contributed by atoms with Gasteiger partial charge in [-0.15, -0.1) is 0 Å². The van der Waals surface area contributed by atoms with E-state index in [1.165, 1.54) is 0 Å². The van der Waals surface area contributed by atoms with Crippen molar-refractivity contribution in [1.82, 2.24) is 4.90 Å². The molecule has 1 N–H and O–H groups in total. The number of ketones is 1. The zero-order valence-corrected chi connectivity index (χ0v) is 11.4. The van der Waals surface area contributed by atoms with E-state index in [0.29, 0.717) is 18.6 Å². The first-order valence-electron chi connectivity index (χ1n) is 7.18. The smallest absolute Gasteiger partial charge is 0.177 e. The fraction of sp³-hybridized carbons (Fsp3) is 0.562. The summed E-state index contributed by atoms with van der Waals surface area (Å²) < 4.78 is 0. The molecule has 0 radical (unpaired) electrons. The molecule has 0 aliphatic carbocycles. The topological polar surface area (TPSA) is 40.5 Å². The lowest BCUT2D eigenvalue weighted by molar-refractivity contribution is 0.0344. The zero-order chi connectivity index (χ0) is 13.4. The number of aryl methyl sites for hydroxylation is 1. The van der Waals surface area contributed by atoms with Gasteiger partial charge in [0.1, 0.15) is 0 Å². The third-order valence-electron chi connectivity index (χ3n) is 4.63. The van der Waals surface area contributed by atoms with Crippen molar-refractivity contribution in [2.75, 3.05) is 6.54 Å². The van der Waals surface area contributed by atoms with Gasteiger partial charge in [-0.2, -0.15) is 0 Å². The molecule has 2 heterocycles. The molecule has 2 aliphatic heterocycles. The average Bonchev–Trinajstić information content (AvgIpc) is 2.62. The first kappa shape index (κ1) is 12.8. The van der Waals surface area contributed by atoms with E-state index in [0.717, 1.165) is 36.8 Å². The Hall–Kier alpha value is -1.19. The molecule has 1 aromatic carbocycles. The molecule has 102 valence electrons. The van der Waals surface area contributed by atoms with E-state index in [1.54, 1.807) is 0 Å². The van der Waals surface area contributed by atoms with Gasteiger partial charge in [-0.05, 0) is 38.2 Å². The van der Waals surface area contributed by atoms with Gasteiger partial charge in [0.25, 0.3) is 0 Å². The number of hydrogen-bond acceptors (Lipinski definition) is 3. The van der Waals surface area contributed by atoms with Crippen LogP contribution in [0.2, 0.25) is 0 Å². The molecule has 0 amide bonds. The maximum absolute atomic E-state index is 12.4. The molecule has 0 spiro atoms. The zero-order valence-electron chi connectivity index (χ0n) is 11.4. The number of aliphatic hydroxyl groups excluding tert-OH is 1. The van der Waals surface area contributed by atoms with Gasteiger partial charge < -0.3 is 5.11 Å². The Morgan fingerprint density at radius 1 is 1.26 bits per heavy atom. The van der Waals surface area contributed by atoms with Gasteiger partial charge in [-0.3, -0.25) is 9.69 Å². The van der Waals surface area contributed by atoms with Crippen LogP contribution in [-0.4, -0.2) is 40.5 Å². The minimum absolute atomic E-state index is 0.165. The minimum Gasteiger partial charge on any atom is -0.393 e. The summed E-state index contributed by atoms with van der Waals surface area (Å²) in [6, 6.07) is 8.60. The fourth-order valence-electron chi connectivity index (χ4n) is 3.64. The SMILES string of the molecule is Cc1ccccc1C(=O)CN1C2CCC1CC(O)C2. The summed E-state index contributed by atoms with van der Waals surface area (Å²) in [5.41, 5.74) is 1.89. The Balaban J connectivity index is 1.73. The Kier molecular flexibility index (Phi) is 3.42. The van der Waals surface area contributed by atoms with Crippen LogP contribution in [0.3, 0.4) is 0 Å². The maximum atomic E-state index is 12.4. The maximum Gasteiger partial charge on any atom is 0.177 e. The number of nitrogens with zero attached hydrogens (tertiary/aromatic N) is 1. The van der Waals surface area contributed by atoms with Crippen LogP contribution >= 0.6 is 0 Å². The molecular formula is C16H21NO2. The van der Waals surface area contributed by atoms with Gasteiger partial charge in [0, 0.05) is 17.6 Å². The number of carbonyl (C=O) groups is 1. The molecule has 1 aromatic rings. The number of benzene rings is 1. The third kappa shape index (κ3) is 2.45. The van der Waals surface area contributed by atoms with Crippen LogP contribution in [0.5, 0.6) is 0 Å². The molecule has 2 fully saturated rings. The van der Waals surface area contributed by atoms with E-state index in [1.807, 2.05) is 31.2 Å². The predicted octanol–water partition coefficient (Wildman–Crippen LogP) is 2.17. The Bertz CT molecular complexity index is 471. The van der Waals surface area contributed by atoms with Crippen LogP contribution in [0.25, 0.3) is 0 Å². The molecular weight excluding hydrogens is 238 g/mol. The summed E-state index contributed by atoms with van der Waals surface area (Å²) in [4.78, 5) is 14.8. The van der Waals surface area contributed by atoms with Crippen molar-refractivity contribution in [3.63, 3.8) is 0 Å². The summed E-state index contributed by atoms with van der Waals surface area (Å²) in [5.74, 6) is 0.214. The van der Waals surface area contributed by atoms with Crippen molar-refractivity contribution >= 4 is 5.78 Å². The van der Waals surface area contributed by atoms with Crippen molar-refractivity contribution in [2.24, 2.45) is 0 Å². The van der Waals surface area contributed by atoms with Crippen LogP contribution in [0.4, 0.5) is 0 Å². The van der Waals surface area contributed by atoms with Crippen LogP contribution in [-0.2, 0) is 0 Å². The molecule has 3 heteroatoms. The van der Waals surface area contributed by atoms with Crippen molar-refractivity contribution in [2.45, 2.75) is 50.8 Å². The summed E-state index contributed by atoms with van der Waals surface area (Å²) in [7, 11) is 0. The second kappa shape index (κ2) is 5.06. The average molecular weight is 259 g/mol. The summed E-state index contributed by atoms with van der Waals surface area (Å²) >= 11 is 0. The van der Waals surface area contributed by atoms with Gasteiger partial charge in [-0.1, -0.05) is 24.3 Å². The molecule has 0 saturated carbocycles. The quantitative estimate of drug-likeness (QED) is 0.846. The van der Waals surface area contributed by atoms with Crippen molar-refractivity contribution in [3.8, 4) is 0 Å².